The van der Waals surface area contributed by atoms with E-state index in [0.717, 1.165) is 17.4 Å². The van der Waals surface area contributed by atoms with Gasteiger partial charge in [-0.1, -0.05) is 22.0 Å². The van der Waals surface area contributed by atoms with E-state index in [4.69, 9.17) is 9.76 Å². The summed E-state index contributed by atoms with van der Waals surface area (Å²) in [7, 11) is 2.20. The number of hydrogen-bond donors (Lipinski definition) is 2. The molecule has 0 fully saturated rings. The lowest BCUT2D eigenvalue weighted by atomic mass is 9.91. The van der Waals surface area contributed by atoms with Gasteiger partial charge in [0.05, 0.1) is 0 Å². The summed E-state index contributed by atoms with van der Waals surface area (Å²) >= 11 is 3.46. The minimum absolute atomic E-state index is 0.203. The van der Waals surface area contributed by atoms with Gasteiger partial charge < -0.3 is 15.0 Å². The number of nitrogens with one attached hydrogen (secondary N) is 1. The van der Waals surface area contributed by atoms with Gasteiger partial charge in [-0.05, 0) is 49.1 Å². The summed E-state index contributed by atoms with van der Waals surface area (Å²) in [5.41, 5.74) is 2.53. The van der Waals surface area contributed by atoms with Gasteiger partial charge in [0.25, 0.3) is 0 Å². The van der Waals surface area contributed by atoms with E-state index in [-0.39, 0.29) is 6.61 Å². The highest BCUT2D eigenvalue weighted by molar-refractivity contribution is 9.10. The molecule has 17 heavy (non-hydrogen) atoms. The highest BCUT2D eigenvalue weighted by Crippen LogP contribution is 2.25. The minimum atomic E-state index is 0.203. The second kappa shape index (κ2) is 7.87. The monoisotopic (exact) mass is 299 g/mol. The molecule has 0 aliphatic heterocycles. The van der Waals surface area contributed by atoms with E-state index in [0.29, 0.717) is 13.5 Å². The van der Waals surface area contributed by atoms with E-state index < -0.39 is 0 Å². The molecule has 0 spiro atoms. The van der Waals surface area contributed by atoms with Gasteiger partial charge in [0.2, 0.25) is 0 Å². The van der Waals surface area contributed by atoms with Gasteiger partial charge in [0.15, 0.2) is 0 Å². The average molecular weight is 300 g/mol. The first-order chi connectivity index (χ1) is 8.19. The van der Waals surface area contributed by atoms with E-state index in [9.17, 15) is 0 Å². The molecule has 1 unspecified atom stereocenters. The lowest BCUT2D eigenvalue weighted by Gasteiger charge is -2.19. The molecule has 5 heteroatoms. The standard InChI is InChI=1S/C12H19BBrNO2/c1-9-7-11(14)3-4-12(9)10(5-6-16)8-15-13-17-2/h3-4,7,10,13,15-16H,5-6,8H2,1-2H3. The zero-order valence-electron chi connectivity index (χ0n) is 10.4. The van der Waals surface area contributed by atoms with Crippen LogP contribution in [0.15, 0.2) is 22.7 Å². The third-order valence-corrected chi connectivity index (χ3v) is 3.28. The van der Waals surface area contributed by atoms with Gasteiger partial charge >= 0.3 is 7.62 Å². The third kappa shape index (κ3) is 4.80. The number of aliphatic hydroxyl groups is 1. The Hall–Kier alpha value is -0.355. The molecule has 0 saturated heterocycles. The van der Waals surface area contributed by atoms with Crippen LogP contribution >= 0.6 is 15.9 Å². The van der Waals surface area contributed by atoms with Crippen molar-refractivity contribution in [2.75, 3.05) is 20.3 Å². The zero-order chi connectivity index (χ0) is 12.7. The Kier molecular flexibility index (Phi) is 6.81. The quantitative estimate of drug-likeness (QED) is 0.595. The van der Waals surface area contributed by atoms with Gasteiger partial charge in [-0.2, -0.15) is 0 Å². The van der Waals surface area contributed by atoms with Crippen LogP contribution in [0.5, 0.6) is 0 Å². The Morgan fingerprint density at radius 1 is 1.53 bits per heavy atom. The molecule has 2 N–H and O–H groups in total. The molecule has 0 aliphatic rings. The van der Waals surface area contributed by atoms with Crippen LogP contribution in [0.3, 0.4) is 0 Å². The lowest BCUT2D eigenvalue weighted by molar-refractivity contribution is 0.274. The van der Waals surface area contributed by atoms with E-state index >= 15 is 0 Å². The Morgan fingerprint density at radius 2 is 2.29 bits per heavy atom. The van der Waals surface area contributed by atoms with Crippen LogP contribution in [0.1, 0.15) is 23.5 Å². The SMILES string of the molecule is COBNCC(CCO)c1ccc(Br)cc1C. The van der Waals surface area contributed by atoms with Crippen molar-refractivity contribution in [3.8, 4) is 0 Å². The van der Waals surface area contributed by atoms with Gasteiger partial charge in [0, 0.05) is 18.2 Å². The van der Waals surface area contributed by atoms with E-state index in [1.165, 1.54) is 11.1 Å². The number of benzene rings is 1. The summed E-state index contributed by atoms with van der Waals surface area (Å²) in [5.74, 6) is 0.322. The molecule has 0 radical (unpaired) electrons. The Bertz CT molecular complexity index is 349. The highest BCUT2D eigenvalue weighted by atomic mass is 79.9. The van der Waals surface area contributed by atoms with Crippen molar-refractivity contribution in [1.82, 2.24) is 5.23 Å². The van der Waals surface area contributed by atoms with Gasteiger partial charge in [0.1, 0.15) is 0 Å². The second-order valence-corrected chi connectivity index (χ2v) is 5.01. The van der Waals surface area contributed by atoms with Crippen LogP contribution in [-0.4, -0.2) is 33.0 Å². The Morgan fingerprint density at radius 3 is 2.88 bits per heavy atom. The summed E-state index contributed by atoms with van der Waals surface area (Å²) < 4.78 is 6.06. The molecule has 1 atom stereocenters. The van der Waals surface area contributed by atoms with Crippen LogP contribution in [0.4, 0.5) is 0 Å². The van der Waals surface area contributed by atoms with Crippen molar-refractivity contribution in [3.05, 3.63) is 33.8 Å². The Balaban J connectivity index is 2.74. The maximum atomic E-state index is 9.13. The molecule has 1 aromatic rings. The number of hydrogen-bond acceptors (Lipinski definition) is 3. The number of halogens is 1. The third-order valence-electron chi connectivity index (χ3n) is 2.79. The molecule has 1 rings (SSSR count). The maximum Gasteiger partial charge on any atom is 0.360 e. The van der Waals surface area contributed by atoms with Crippen LogP contribution in [0.25, 0.3) is 0 Å². The van der Waals surface area contributed by atoms with Crippen molar-refractivity contribution in [2.45, 2.75) is 19.3 Å². The predicted octanol–water partition coefficient (Wildman–Crippen LogP) is 1.73. The van der Waals surface area contributed by atoms with Crippen LogP contribution in [0.2, 0.25) is 0 Å². The van der Waals surface area contributed by atoms with Crippen LogP contribution in [0, 0.1) is 6.92 Å². The molecule has 1 aromatic carbocycles. The van der Waals surface area contributed by atoms with Crippen LogP contribution in [-0.2, 0) is 4.65 Å². The fourth-order valence-corrected chi connectivity index (χ4v) is 2.43. The summed E-state index contributed by atoms with van der Waals surface area (Å²) in [5, 5.41) is 12.3. The molecule has 0 saturated carbocycles. The summed E-state index contributed by atoms with van der Waals surface area (Å²) in [4.78, 5) is 0. The van der Waals surface area contributed by atoms with E-state index in [1.54, 1.807) is 7.11 Å². The maximum absolute atomic E-state index is 9.13. The molecular formula is C12H19BBrNO2. The number of aryl methyl sites for hydroxylation is 1. The topological polar surface area (TPSA) is 41.5 Å². The molecule has 0 amide bonds. The fraction of sp³-hybridized carbons (Fsp3) is 0.500. The first kappa shape index (κ1) is 14.7. The largest absolute Gasteiger partial charge is 0.427 e. The average Bonchev–Trinajstić information content (AvgIpc) is 2.28. The van der Waals surface area contributed by atoms with Crippen molar-refractivity contribution in [1.29, 1.82) is 0 Å². The number of aliphatic hydroxyl groups excluding tert-OH is 1. The summed E-state index contributed by atoms with van der Waals surface area (Å²) in [6, 6.07) is 6.27. The second-order valence-electron chi connectivity index (χ2n) is 4.10. The van der Waals surface area contributed by atoms with Crippen molar-refractivity contribution >= 4 is 23.5 Å². The van der Waals surface area contributed by atoms with Crippen molar-refractivity contribution in [3.63, 3.8) is 0 Å². The van der Waals surface area contributed by atoms with E-state index in [2.05, 4.69) is 40.2 Å². The molecule has 0 aliphatic carbocycles. The molecule has 94 valence electrons. The minimum Gasteiger partial charge on any atom is -0.427 e. The molecular weight excluding hydrogens is 281 g/mol. The Labute approximate surface area is 112 Å². The van der Waals surface area contributed by atoms with Crippen LogP contribution < -0.4 is 5.23 Å². The summed E-state index contributed by atoms with van der Waals surface area (Å²) in [6.45, 7) is 3.12. The first-order valence-corrected chi connectivity index (χ1v) is 6.55. The molecule has 0 aromatic heterocycles. The molecule has 0 bridgehead atoms. The number of rotatable bonds is 7. The normalized spacial score (nSPS) is 12.5. The van der Waals surface area contributed by atoms with E-state index in [1.807, 2.05) is 6.07 Å². The van der Waals surface area contributed by atoms with Crippen molar-refractivity contribution in [2.24, 2.45) is 0 Å². The van der Waals surface area contributed by atoms with Gasteiger partial charge in [-0.15, -0.1) is 0 Å². The summed E-state index contributed by atoms with van der Waals surface area (Å²) in [6.07, 6.45) is 0.763. The highest BCUT2D eigenvalue weighted by Gasteiger charge is 2.13. The molecule has 3 nitrogen and oxygen atoms in total. The zero-order valence-corrected chi connectivity index (χ0v) is 12.0. The predicted molar refractivity (Wildman–Crippen MR) is 75.5 cm³/mol. The smallest absolute Gasteiger partial charge is 0.360 e. The lowest BCUT2D eigenvalue weighted by Crippen LogP contribution is -2.27. The molecule has 0 heterocycles. The van der Waals surface area contributed by atoms with Gasteiger partial charge in [-0.25, -0.2) is 0 Å². The fourth-order valence-electron chi connectivity index (χ4n) is 1.96. The first-order valence-electron chi connectivity index (χ1n) is 5.75. The van der Waals surface area contributed by atoms with Gasteiger partial charge in [-0.3, -0.25) is 0 Å². The van der Waals surface area contributed by atoms with Crippen molar-refractivity contribution < 1.29 is 9.76 Å².